The zero-order valence-electron chi connectivity index (χ0n) is 11.4. The highest BCUT2D eigenvalue weighted by molar-refractivity contribution is 5.45. The summed E-state index contributed by atoms with van der Waals surface area (Å²) in [6, 6.07) is 6.89. The summed E-state index contributed by atoms with van der Waals surface area (Å²) in [7, 11) is 3.76. The first kappa shape index (κ1) is 13.4. The van der Waals surface area contributed by atoms with Gasteiger partial charge in [-0.1, -0.05) is 12.1 Å². The number of hydrogen-bond donors (Lipinski definition) is 1. The van der Waals surface area contributed by atoms with Crippen molar-refractivity contribution in [1.29, 1.82) is 0 Å². The van der Waals surface area contributed by atoms with E-state index in [1.165, 1.54) is 17.5 Å². The molecule has 1 aliphatic carbocycles. The Morgan fingerprint density at radius 3 is 2.89 bits per heavy atom. The summed E-state index contributed by atoms with van der Waals surface area (Å²) in [6.45, 7) is 1.60. The number of hydrogen-bond acceptors (Lipinski definition) is 3. The molecular formula is C15H23NO2. The van der Waals surface area contributed by atoms with Gasteiger partial charge >= 0.3 is 0 Å². The molecule has 0 amide bonds. The van der Waals surface area contributed by atoms with Crippen LogP contribution in [0.15, 0.2) is 18.2 Å². The summed E-state index contributed by atoms with van der Waals surface area (Å²) < 4.78 is 10.9. The van der Waals surface area contributed by atoms with Gasteiger partial charge in [-0.15, -0.1) is 0 Å². The number of ether oxygens (including phenoxy) is 2. The van der Waals surface area contributed by atoms with Crippen LogP contribution in [0.5, 0.6) is 5.75 Å². The molecule has 100 valence electrons. The third-order valence-corrected chi connectivity index (χ3v) is 3.58. The van der Waals surface area contributed by atoms with E-state index in [2.05, 4.69) is 23.5 Å². The Morgan fingerprint density at radius 1 is 1.28 bits per heavy atom. The van der Waals surface area contributed by atoms with E-state index in [1.54, 1.807) is 7.11 Å². The smallest absolute Gasteiger partial charge is 0.122 e. The van der Waals surface area contributed by atoms with Gasteiger partial charge in [-0.3, -0.25) is 0 Å². The number of methoxy groups -OCH3 is 1. The summed E-state index contributed by atoms with van der Waals surface area (Å²) in [6.07, 6.45) is 4.41. The van der Waals surface area contributed by atoms with Crippen molar-refractivity contribution in [3.8, 4) is 5.75 Å². The lowest BCUT2D eigenvalue weighted by molar-refractivity contribution is 0.184. The predicted molar refractivity (Wildman–Crippen MR) is 73.2 cm³/mol. The molecule has 0 fully saturated rings. The quantitative estimate of drug-likeness (QED) is 0.754. The largest absolute Gasteiger partial charge is 0.493 e. The Labute approximate surface area is 109 Å². The minimum Gasteiger partial charge on any atom is -0.493 e. The van der Waals surface area contributed by atoms with Crippen LogP contribution in [0.3, 0.4) is 0 Å². The highest BCUT2D eigenvalue weighted by Crippen LogP contribution is 2.36. The molecule has 18 heavy (non-hydrogen) atoms. The van der Waals surface area contributed by atoms with Crippen LogP contribution in [0.2, 0.25) is 0 Å². The molecule has 0 bridgehead atoms. The van der Waals surface area contributed by atoms with Crippen LogP contribution in [0.4, 0.5) is 0 Å². The van der Waals surface area contributed by atoms with E-state index in [0.717, 1.165) is 38.2 Å². The van der Waals surface area contributed by atoms with Gasteiger partial charge in [-0.05, 0) is 49.9 Å². The van der Waals surface area contributed by atoms with Gasteiger partial charge in [0.2, 0.25) is 0 Å². The Kier molecular flexibility index (Phi) is 5.02. The molecule has 1 atom stereocenters. The van der Waals surface area contributed by atoms with Gasteiger partial charge < -0.3 is 14.8 Å². The van der Waals surface area contributed by atoms with E-state index in [-0.39, 0.29) is 0 Å². The van der Waals surface area contributed by atoms with Gasteiger partial charge in [0, 0.05) is 19.8 Å². The third-order valence-electron chi connectivity index (χ3n) is 3.58. The molecule has 1 N–H and O–H groups in total. The Balaban J connectivity index is 1.92. The highest BCUT2D eigenvalue weighted by atomic mass is 16.5. The summed E-state index contributed by atoms with van der Waals surface area (Å²) in [5, 5.41) is 3.36. The van der Waals surface area contributed by atoms with Crippen LogP contribution >= 0.6 is 0 Å². The summed E-state index contributed by atoms with van der Waals surface area (Å²) in [5.74, 6) is 1.07. The van der Waals surface area contributed by atoms with E-state index in [4.69, 9.17) is 9.47 Å². The van der Waals surface area contributed by atoms with Crippen LogP contribution in [-0.4, -0.2) is 27.4 Å². The maximum Gasteiger partial charge on any atom is 0.122 e. The SMILES string of the molecule is CNC1CCc2c(OCCCCOC)cccc21. The van der Waals surface area contributed by atoms with Gasteiger partial charge in [0.25, 0.3) is 0 Å². The average molecular weight is 249 g/mol. The van der Waals surface area contributed by atoms with Crippen LogP contribution < -0.4 is 10.1 Å². The number of rotatable bonds is 7. The second-order valence-electron chi connectivity index (χ2n) is 4.75. The molecule has 3 heteroatoms. The van der Waals surface area contributed by atoms with Gasteiger partial charge in [0.05, 0.1) is 6.61 Å². The average Bonchev–Trinajstić information content (AvgIpc) is 2.82. The molecular weight excluding hydrogens is 226 g/mol. The van der Waals surface area contributed by atoms with Gasteiger partial charge in [0.15, 0.2) is 0 Å². The van der Waals surface area contributed by atoms with Crippen molar-refractivity contribution in [2.45, 2.75) is 31.7 Å². The zero-order chi connectivity index (χ0) is 12.8. The lowest BCUT2D eigenvalue weighted by Gasteiger charge is -2.13. The molecule has 0 spiro atoms. The minimum absolute atomic E-state index is 0.497. The molecule has 0 saturated heterocycles. The normalized spacial score (nSPS) is 17.8. The van der Waals surface area contributed by atoms with Gasteiger partial charge in [-0.25, -0.2) is 0 Å². The van der Waals surface area contributed by atoms with Crippen molar-refractivity contribution in [3.63, 3.8) is 0 Å². The molecule has 1 aromatic carbocycles. The fourth-order valence-corrected chi connectivity index (χ4v) is 2.59. The fourth-order valence-electron chi connectivity index (χ4n) is 2.59. The second-order valence-corrected chi connectivity index (χ2v) is 4.75. The third kappa shape index (κ3) is 3.03. The first-order chi connectivity index (χ1) is 8.86. The van der Waals surface area contributed by atoms with Crippen molar-refractivity contribution in [1.82, 2.24) is 5.32 Å². The van der Waals surface area contributed by atoms with Crippen LogP contribution in [-0.2, 0) is 11.2 Å². The van der Waals surface area contributed by atoms with Crippen molar-refractivity contribution in [2.24, 2.45) is 0 Å². The number of unbranched alkanes of at least 4 members (excludes halogenated alkanes) is 1. The zero-order valence-corrected chi connectivity index (χ0v) is 11.4. The van der Waals surface area contributed by atoms with Crippen LogP contribution in [0, 0.1) is 0 Å². The lowest BCUT2D eigenvalue weighted by Crippen LogP contribution is -2.12. The summed E-state index contributed by atoms with van der Waals surface area (Å²) >= 11 is 0. The molecule has 3 nitrogen and oxygen atoms in total. The monoisotopic (exact) mass is 249 g/mol. The van der Waals surface area contributed by atoms with E-state index < -0.39 is 0 Å². The first-order valence-electron chi connectivity index (χ1n) is 6.77. The maximum atomic E-state index is 5.90. The van der Waals surface area contributed by atoms with Crippen molar-refractivity contribution < 1.29 is 9.47 Å². The summed E-state index contributed by atoms with van der Waals surface area (Å²) in [5.41, 5.74) is 2.80. The van der Waals surface area contributed by atoms with Crippen LogP contribution in [0.25, 0.3) is 0 Å². The molecule has 0 saturated carbocycles. The highest BCUT2D eigenvalue weighted by Gasteiger charge is 2.23. The molecule has 1 unspecified atom stereocenters. The molecule has 1 aromatic rings. The topological polar surface area (TPSA) is 30.5 Å². The van der Waals surface area contributed by atoms with Crippen molar-refractivity contribution >= 4 is 0 Å². The molecule has 0 radical (unpaired) electrons. The Morgan fingerprint density at radius 2 is 2.11 bits per heavy atom. The number of fused-ring (bicyclic) bond motifs is 1. The van der Waals surface area contributed by atoms with E-state index in [1.807, 2.05) is 7.05 Å². The molecule has 2 rings (SSSR count). The maximum absolute atomic E-state index is 5.90. The predicted octanol–water partition coefficient (Wildman–Crippen LogP) is 2.70. The van der Waals surface area contributed by atoms with Crippen molar-refractivity contribution in [3.05, 3.63) is 29.3 Å². The number of nitrogens with one attached hydrogen (secondary N) is 1. The van der Waals surface area contributed by atoms with Gasteiger partial charge in [0.1, 0.15) is 5.75 Å². The number of benzene rings is 1. The second kappa shape index (κ2) is 6.76. The first-order valence-corrected chi connectivity index (χ1v) is 6.77. The van der Waals surface area contributed by atoms with Gasteiger partial charge in [-0.2, -0.15) is 0 Å². The van der Waals surface area contributed by atoms with E-state index >= 15 is 0 Å². The van der Waals surface area contributed by atoms with E-state index in [9.17, 15) is 0 Å². The standard InChI is InChI=1S/C15H23NO2/c1-16-14-9-8-13-12(14)6-5-7-15(13)18-11-4-3-10-17-2/h5-7,14,16H,3-4,8-11H2,1-2H3. The lowest BCUT2D eigenvalue weighted by atomic mass is 10.1. The Bertz CT molecular complexity index is 379. The van der Waals surface area contributed by atoms with E-state index in [0.29, 0.717) is 6.04 Å². The Hall–Kier alpha value is -1.06. The van der Waals surface area contributed by atoms with Crippen LogP contribution in [0.1, 0.15) is 36.4 Å². The summed E-state index contributed by atoms with van der Waals surface area (Å²) in [4.78, 5) is 0. The fraction of sp³-hybridized carbons (Fsp3) is 0.600. The minimum atomic E-state index is 0.497. The van der Waals surface area contributed by atoms with Crippen molar-refractivity contribution in [2.75, 3.05) is 27.4 Å². The molecule has 0 aromatic heterocycles. The molecule has 0 heterocycles. The molecule has 0 aliphatic heterocycles. The molecule has 1 aliphatic rings.